The highest BCUT2D eigenvalue weighted by Gasteiger charge is 2.35. The van der Waals surface area contributed by atoms with Crippen molar-refractivity contribution >= 4 is 15.9 Å². The van der Waals surface area contributed by atoms with Crippen molar-refractivity contribution < 1.29 is 23.1 Å². The predicted octanol–water partition coefficient (Wildman–Crippen LogP) is -2.07. The molecule has 2 N–H and O–H groups in total. The topological polar surface area (TPSA) is 99.2 Å². The average Bonchev–Trinajstić information content (AvgIpc) is 2.88. The molecule has 0 unspecified atom stereocenters. The first-order chi connectivity index (χ1) is 10.4. The second kappa shape index (κ2) is 7.69. The van der Waals surface area contributed by atoms with Crippen molar-refractivity contribution in [2.45, 2.75) is 0 Å². The molecule has 2 saturated heterocycles. The molecule has 0 aromatic heterocycles. The van der Waals surface area contributed by atoms with Gasteiger partial charge in [-0.05, 0) is 5.92 Å². The normalized spacial score (nSPS) is 27.3. The van der Waals surface area contributed by atoms with E-state index in [9.17, 15) is 18.3 Å². The van der Waals surface area contributed by atoms with Gasteiger partial charge in [0.25, 0.3) is 0 Å². The number of ether oxygens (including phenoxy) is 1. The van der Waals surface area contributed by atoms with Crippen LogP contribution < -0.4 is 4.72 Å². The Balaban J connectivity index is 1.86. The Kier molecular flexibility index (Phi) is 6.16. The molecule has 0 aromatic rings. The zero-order chi connectivity index (χ0) is 16.2. The van der Waals surface area contributed by atoms with Crippen LogP contribution in [0.4, 0.5) is 0 Å². The maximum atomic E-state index is 12.1. The Hall–Kier alpha value is -0.740. The summed E-state index contributed by atoms with van der Waals surface area (Å²) in [4.78, 5) is 16.0. The van der Waals surface area contributed by atoms with E-state index in [4.69, 9.17) is 4.74 Å². The number of carbonyl (C=O) groups excluding carboxylic acids is 1. The number of rotatable bonds is 6. The molecule has 2 aliphatic rings. The number of amides is 1. The van der Waals surface area contributed by atoms with Crippen LogP contribution in [0.25, 0.3) is 0 Å². The highest BCUT2D eigenvalue weighted by molar-refractivity contribution is 7.88. The van der Waals surface area contributed by atoms with E-state index in [1.54, 1.807) is 4.90 Å². The Morgan fingerprint density at radius 1 is 1.27 bits per heavy atom. The summed E-state index contributed by atoms with van der Waals surface area (Å²) in [7, 11) is -3.37. The average molecular weight is 335 g/mol. The molecule has 0 saturated carbocycles. The first kappa shape index (κ1) is 17.6. The number of likely N-dealkylation sites (tertiary alicyclic amines) is 1. The summed E-state index contributed by atoms with van der Waals surface area (Å²) in [6.45, 7) is 4.88. The van der Waals surface area contributed by atoms with E-state index in [2.05, 4.69) is 9.62 Å². The van der Waals surface area contributed by atoms with E-state index in [-0.39, 0.29) is 30.9 Å². The lowest BCUT2D eigenvalue weighted by atomic mass is 9.96. The van der Waals surface area contributed by atoms with Crippen molar-refractivity contribution in [3.63, 3.8) is 0 Å². The van der Waals surface area contributed by atoms with Gasteiger partial charge < -0.3 is 14.7 Å². The number of aliphatic hydroxyl groups excluding tert-OH is 1. The number of hydrogen-bond donors (Lipinski definition) is 2. The molecule has 8 nitrogen and oxygen atoms in total. The fourth-order valence-electron chi connectivity index (χ4n) is 2.98. The molecule has 0 aromatic carbocycles. The first-order valence-corrected chi connectivity index (χ1v) is 9.41. The minimum absolute atomic E-state index is 0.0400. The maximum absolute atomic E-state index is 12.1. The van der Waals surface area contributed by atoms with Gasteiger partial charge in [0.1, 0.15) is 0 Å². The SMILES string of the molecule is CS(=O)(=O)NCC(=O)N1C[C@@H](CN2CCOCC2)[C@@H](CO)C1. The number of sulfonamides is 1. The first-order valence-electron chi connectivity index (χ1n) is 7.52. The van der Waals surface area contributed by atoms with Crippen molar-refractivity contribution in [3.8, 4) is 0 Å². The van der Waals surface area contributed by atoms with Crippen LogP contribution in [-0.2, 0) is 19.6 Å². The summed E-state index contributed by atoms with van der Waals surface area (Å²) in [5, 5.41) is 9.53. The predicted molar refractivity (Wildman–Crippen MR) is 80.8 cm³/mol. The minimum Gasteiger partial charge on any atom is -0.396 e. The van der Waals surface area contributed by atoms with Crippen molar-refractivity contribution in [2.75, 3.05) is 65.3 Å². The third-order valence-electron chi connectivity index (χ3n) is 4.25. The van der Waals surface area contributed by atoms with Gasteiger partial charge >= 0.3 is 0 Å². The van der Waals surface area contributed by atoms with Crippen molar-refractivity contribution in [1.82, 2.24) is 14.5 Å². The monoisotopic (exact) mass is 335 g/mol. The van der Waals surface area contributed by atoms with Gasteiger partial charge in [0.05, 0.1) is 26.0 Å². The molecule has 0 bridgehead atoms. The molecular formula is C13H25N3O5S. The van der Waals surface area contributed by atoms with Crippen LogP contribution in [0.5, 0.6) is 0 Å². The Labute approximate surface area is 131 Å². The van der Waals surface area contributed by atoms with Crippen LogP contribution in [0, 0.1) is 11.8 Å². The molecule has 2 rings (SSSR count). The molecule has 2 fully saturated rings. The largest absolute Gasteiger partial charge is 0.396 e. The number of nitrogens with zero attached hydrogens (tertiary/aromatic N) is 2. The molecule has 0 radical (unpaired) electrons. The zero-order valence-corrected chi connectivity index (χ0v) is 13.7. The lowest BCUT2D eigenvalue weighted by Crippen LogP contribution is -2.42. The highest BCUT2D eigenvalue weighted by atomic mass is 32.2. The summed E-state index contributed by atoms with van der Waals surface area (Å²) >= 11 is 0. The Bertz CT molecular complexity index is 478. The van der Waals surface area contributed by atoms with Crippen molar-refractivity contribution in [3.05, 3.63) is 0 Å². The fourth-order valence-corrected chi connectivity index (χ4v) is 3.36. The highest BCUT2D eigenvalue weighted by Crippen LogP contribution is 2.24. The number of hydrogen-bond acceptors (Lipinski definition) is 6. The molecule has 0 spiro atoms. The molecule has 9 heteroatoms. The van der Waals surface area contributed by atoms with Crippen LogP contribution >= 0.6 is 0 Å². The van der Waals surface area contributed by atoms with E-state index in [1.807, 2.05) is 0 Å². The molecule has 128 valence electrons. The van der Waals surface area contributed by atoms with Gasteiger partial charge in [0.15, 0.2) is 0 Å². The Morgan fingerprint density at radius 2 is 1.91 bits per heavy atom. The summed E-state index contributed by atoms with van der Waals surface area (Å²) < 4.78 is 29.7. The van der Waals surface area contributed by atoms with Gasteiger partial charge in [-0.3, -0.25) is 9.69 Å². The molecule has 1 amide bonds. The number of nitrogens with one attached hydrogen (secondary N) is 1. The lowest BCUT2D eigenvalue weighted by molar-refractivity contribution is -0.129. The van der Waals surface area contributed by atoms with E-state index < -0.39 is 10.0 Å². The number of carbonyl (C=O) groups is 1. The van der Waals surface area contributed by atoms with Crippen LogP contribution in [-0.4, -0.2) is 94.6 Å². The maximum Gasteiger partial charge on any atom is 0.237 e. The molecular weight excluding hydrogens is 310 g/mol. The molecule has 22 heavy (non-hydrogen) atoms. The third kappa shape index (κ3) is 5.17. The molecule has 2 atom stereocenters. The van der Waals surface area contributed by atoms with Gasteiger partial charge in [0.2, 0.25) is 15.9 Å². The number of morpholine rings is 1. The molecule has 0 aliphatic carbocycles. The van der Waals surface area contributed by atoms with Gasteiger partial charge in [-0.25, -0.2) is 13.1 Å². The van der Waals surface area contributed by atoms with Gasteiger partial charge in [-0.15, -0.1) is 0 Å². The number of aliphatic hydroxyl groups is 1. The minimum atomic E-state index is -3.37. The smallest absolute Gasteiger partial charge is 0.237 e. The van der Waals surface area contributed by atoms with Crippen molar-refractivity contribution in [2.24, 2.45) is 11.8 Å². The van der Waals surface area contributed by atoms with Gasteiger partial charge in [-0.1, -0.05) is 0 Å². The van der Waals surface area contributed by atoms with E-state index in [1.165, 1.54) is 0 Å². The standard InChI is InChI=1S/C13H25N3O5S/c1-22(19,20)14-6-13(18)16-8-11(12(9-16)10-17)7-15-2-4-21-5-3-15/h11-12,14,17H,2-10H2,1H3/t11-,12-/m1/s1. The van der Waals surface area contributed by atoms with Crippen molar-refractivity contribution in [1.29, 1.82) is 0 Å². The van der Waals surface area contributed by atoms with E-state index >= 15 is 0 Å². The lowest BCUT2D eigenvalue weighted by Gasteiger charge is -2.30. The van der Waals surface area contributed by atoms with Crippen LogP contribution in [0.2, 0.25) is 0 Å². The second-order valence-corrected chi connectivity index (χ2v) is 7.84. The van der Waals surface area contributed by atoms with Gasteiger partial charge in [0, 0.05) is 45.2 Å². The fraction of sp³-hybridized carbons (Fsp3) is 0.923. The molecule has 2 heterocycles. The summed E-state index contributed by atoms with van der Waals surface area (Å²) in [6.07, 6.45) is 1.03. The quantitative estimate of drug-likeness (QED) is 0.579. The van der Waals surface area contributed by atoms with E-state index in [0.717, 1.165) is 39.1 Å². The zero-order valence-electron chi connectivity index (χ0n) is 12.9. The van der Waals surface area contributed by atoms with Crippen LogP contribution in [0.1, 0.15) is 0 Å². The summed E-state index contributed by atoms with van der Waals surface area (Å²) in [5.41, 5.74) is 0. The molecule has 2 aliphatic heterocycles. The summed E-state index contributed by atoms with van der Waals surface area (Å²) in [6, 6.07) is 0. The van der Waals surface area contributed by atoms with Crippen LogP contribution in [0.3, 0.4) is 0 Å². The van der Waals surface area contributed by atoms with Gasteiger partial charge in [-0.2, -0.15) is 0 Å². The summed E-state index contributed by atoms with van der Waals surface area (Å²) in [5.74, 6) is 0.0173. The third-order valence-corrected chi connectivity index (χ3v) is 4.91. The second-order valence-electron chi connectivity index (χ2n) is 6.01. The Morgan fingerprint density at radius 3 is 2.50 bits per heavy atom. The van der Waals surface area contributed by atoms with E-state index in [0.29, 0.717) is 13.1 Å². The van der Waals surface area contributed by atoms with Crippen LogP contribution in [0.15, 0.2) is 0 Å².